The van der Waals surface area contributed by atoms with E-state index in [0.717, 1.165) is 37.3 Å². The van der Waals surface area contributed by atoms with Crippen molar-refractivity contribution < 1.29 is 18.7 Å². The van der Waals surface area contributed by atoms with Gasteiger partial charge in [-0.3, -0.25) is 9.79 Å². The molecule has 0 bridgehead atoms. The molecule has 0 saturated carbocycles. The van der Waals surface area contributed by atoms with E-state index in [1.165, 1.54) is 24.3 Å². The Bertz CT molecular complexity index is 822. The quantitative estimate of drug-likeness (QED) is 0.542. The third-order valence-corrected chi connectivity index (χ3v) is 5.45. The van der Waals surface area contributed by atoms with Crippen LogP contribution in [0.1, 0.15) is 69.3 Å². The number of unbranched alkanes of at least 4 members (excludes halogenated alkanes) is 1. The summed E-state index contributed by atoms with van der Waals surface area (Å²) in [6, 6.07) is 0. The number of carboxylic acid groups (broad SMARTS) is 1. The number of carbonyl (C=O) groups is 1. The standard InChI is InChI=1S/C22H28F2N4O2/c23-22(24,12-17(11-20(29)30)18-13-25-15-26-14-18)9-3-1-6-19-8-7-16-5-2-4-10-27-21(16)28-19/h7-8,13-15,17H,1-6,9-12H2,(H,27,28)(H,29,30). The number of amidine groups is 1. The van der Waals surface area contributed by atoms with Crippen LogP contribution in [0.3, 0.4) is 0 Å². The highest BCUT2D eigenvalue weighted by molar-refractivity contribution is 6.00. The number of nitrogens with zero attached hydrogens (tertiary/aromatic N) is 3. The number of aromatic nitrogens is 2. The summed E-state index contributed by atoms with van der Waals surface area (Å²) in [4.78, 5) is 23.3. The highest BCUT2D eigenvalue weighted by Crippen LogP contribution is 2.35. The maximum absolute atomic E-state index is 14.5. The van der Waals surface area contributed by atoms with Crippen LogP contribution in [0.4, 0.5) is 8.78 Å². The Hall–Kier alpha value is -2.64. The van der Waals surface area contributed by atoms with Crippen LogP contribution >= 0.6 is 0 Å². The summed E-state index contributed by atoms with van der Waals surface area (Å²) in [6.45, 7) is 0.823. The lowest BCUT2D eigenvalue weighted by Gasteiger charge is -2.23. The minimum absolute atomic E-state index is 0.272. The normalized spacial score (nSPS) is 17.6. The zero-order valence-corrected chi connectivity index (χ0v) is 17.0. The molecule has 1 atom stereocenters. The molecule has 0 aromatic carbocycles. The molecule has 0 radical (unpaired) electrons. The number of carboxylic acids is 1. The maximum Gasteiger partial charge on any atom is 0.303 e. The molecule has 2 N–H and O–H groups in total. The van der Waals surface area contributed by atoms with Crippen LogP contribution < -0.4 is 5.32 Å². The first-order valence-corrected chi connectivity index (χ1v) is 10.5. The van der Waals surface area contributed by atoms with Gasteiger partial charge in [0.2, 0.25) is 5.92 Å². The van der Waals surface area contributed by atoms with Gasteiger partial charge in [-0.05, 0) is 55.7 Å². The Balaban J connectivity index is 1.48. The number of alkyl halides is 2. The number of hydrogen-bond acceptors (Lipinski definition) is 5. The van der Waals surface area contributed by atoms with Gasteiger partial charge in [0.1, 0.15) is 12.2 Å². The molecular weight excluding hydrogens is 390 g/mol. The highest BCUT2D eigenvalue weighted by Gasteiger charge is 2.34. The number of aliphatic imine (C=N–C) groups is 1. The summed E-state index contributed by atoms with van der Waals surface area (Å²) in [7, 11) is 0. The minimum atomic E-state index is -2.94. The molecule has 1 aromatic rings. The van der Waals surface area contributed by atoms with E-state index >= 15 is 0 Å². The topological polar surface area (TPSA) is 87.5 Å². The second-order valence-electron chi connectivity index (χ2n) is 7.93. The summed E-state index contributed by atoms with van der Waals surface area (Å²) in [5.41, 5.74) is 2.66. The zero-order chi connectivity index (χ0) is 21.4. The zero-order valence-electron chi connectivity index (χ0n) is 17.0. The predicted octanol–water partition coefficient (Wildman–Crippen LogP) is 4.62. The van der Waals surface area contributed by atoms with Crippen LogP contribution in [-0.4, -0.2) is 39.3 Å². The second kappa shape index (κ2) is 10.4. The van der Waals surface area contributed by atoms with E-state index in [-0.39, 0.29) is 12.8 Å². The molecule has 1 aromatic heterocycles. The molecule has 1 unspecified atom stereocenters. The fourth-order valence-corrected chi connectivity index (χ4v) is 3.86. The van der Waals surface area contributed by atoms with Crippen LogP contribution in [0.25, 0.3) is 0 Å². The minimum Gasteiger partial charge on any atom is -0.481 e. The highest BCUT2D eigenvalue weighted by atomic mass is 19.3. The molecule has 3 rings (SSSR count). The molecule has 0 saturated heterocycles. The van der Waals surface area contributed by atoms with Gasteiger partial charge in [-0.15, -0.1) is 0 Å². The van der Waals surface area contributed by atoms with Gasteiger partial charge >= 0.3 is 5.97 Å². The van der Waals surface area contributed by atoms with Crippen LogP contribution in [-0.2, 0) is 4.79 Å². The molecule has 30 heavy (non-hydrogen) atoms. The first kappa shape index (κ1) is 22.1. The van der Waals surface area contributed by atoms with Gasteiger partial charge in [-0.25, -0.2) is 18.7 Å². The number of hydrogen-bond donors (Lipinski definition) is 2. The Morgan fingerprint density at radius 2 is 2.00 bits per heavy atom. The Labute approximate surface area is 175 Å². The summed E-state index contributed by atoms with van der Waals surface area (Å²) in [5, 5.41) is 12.4. The third kappa shape index (κ3) is 6.71. The molecule has 2 aliphatic rings. The summed E-state index contributed by atoms with van der Waals surface area (Å²) in [5.74, 6) is -3.93. The van der Waals surface area contributed by atoms with Crippen molar-refractivity contribution in [1.29, 1.82) is 0 Å². The molecule has 0 amide bonds. The fraction of sp³-hybridized carbons (Fsp3) is 0.545. The van der Waals surface area contributed by atoms with E-state index in [0.29, 0.717) is 24.8 Å². The van der Waals surface area contributed by atoms with Crippen LogP contribution in [0.5, 0.6) is 0 Å². The average Bonchev–Trinajstić information content (AvgIpc) is 2.96. The van der Waals surface area contributed by atoms with Crippen LogP contribution in [0.15, 0.2) is 47.1 Å². The monoisotopic (exact) mass is 418 g/mol. The van der Waals surface area contributed by atoms with Crippen molar-refractivity contribution >= 4 is 11.8 Å². The number of allylic oxidation sites excluding steroid dienone is 3. The Morgan fingerprint density at radius 3 is 2.77 bits per heavy atom. The Morgan fingerprint density at radius 1 is 1.20 bits per heavy atom. The number of aliphatic carboxylic acids is 1. The van der Waals surface area contributed by atoms with E-state index in [9.17, 15) is 13.6 Å². The Kier molecular flexibility index (Phi) is 7.65. The summed E-state index contributed by atoms with van der Waals surface area (Å²) in [6.07, 6.45) is 12.0. The largest absolute Gasteiger partial charge is 0.481 e. The molecule has 0 aliphatic carbocycles. The number of nitrogens with one attached hydrogen (secondary N) is 1. The van der Waals surface area contributed by atoms with Gasteiger partial charge < -0.3 is 10.4 Å². The van der Waals surface area contributed by atoms with E-state index in [1.807, 2.05) is 6.08 Å². The van der Waals surface area contributed by atoms with E-state index in [4.69, 9.17) is 5.11 Å². The van der Waals surface area contributed by atoms with Gasteiger partial charge in [0.25, 0.3) is 0 Å². The molecular formula is C22H28F2N4O2. The maximum atomic E-state index is 14.5. The fourth-order valence-electron chi connectivity index (χ4n) is 3.86. The van der Waals surface area contributed by atoms with E-state index in [2.05, 4.69) is 26.4 Å². The first-order chi connectivity index (χ1) is 14.4. The lowest BCUT2D eigenvalue weighted by atomic mass is 9.89. The smallest absolute Gasteiger partial charge is 0.303 e. The lowest BCUT2D eigenvalue weighted by Crippen LogP contribution is -2.27. The molecule has 8 heteroatoms. The lowest BCUT2D eigenvalue weighted by molar-refractivity contribution is -0.138. The van der Waals surface area contributed by atoms with Crippen molar-refractivity contribution in [3.63, 3.8) is 0 Å². The van der Waals surface area contributed by atoms with Crippen molar-refractivity contribution in [2.24, 2.45) is 4.99 Å². The molecule has 0 fully saturated rings. The van der Waals surface area contributed by atoms with Crippen molar-refractivity contribution in [3.05, 3.63) is 47.7 Å². The first-order valence-electron chi connectivity index (χ1n) is 10.5. The number of fused-ring (bicyclic) bond motifs is 1. The number of halogens is 2. The number of rotatable bonds is 10. The molecule has 2 aliphatic heterocycles. The van der Waals surface area contributed by atoms with Crippen molar-refractivity contribution in [2.75, 3.05) is 6.54 Å². The van der Waals surface area contributed by atoms with Gasteiger partial charge in [0.05, 0.1) is 6.42 Å². The van der Waals surface area contributed by atoms with Gasteiger partial charge in [-0.1, -0.05) is 6.08 Å². The second-order valence-corrected chi connectivity index (χ2v) is 7.93. The number of dihydropyridines is 1. The molecule has 162 valence electrons. The van der Waals surface area contributed by atoms with E-state index < -0.39 is 24.2 Å². The summed E-state index contributed by atoms with van der Waals surface area (Å²) >= 11 is 0. The van der Waals surface area contributed by atoms with Crippen LogP contribution in [0.2, 0.25) is 0 Å². The molecule has 0 spiro atoms. The van der Waals surface area contributed by atoms with Crippen molar-refractivity contribution in [1.82, 2.24) is 15.3 Å². The van der Waals surface area contributed by atoms with Crippen molar-refractivity contribution in [2.45, 2.75) is 69.6 Å². The summed E-state index contributed by atoms with van der Waals surface area (Å²) < 4.78 is 29.1. The molecule has 3 heterocycles. The van der Waals surface area contributed by atoms with Crippen LogP contribution in [0, 0.1) is 0 Å². The van der Waals surface area contributed by atoms with Gasteiger partial charge in [0.15, 0.2) is 0 Å². The third-order valence-electron chi connectivity index (χ3n) is 5.45. The SMILES string of the molecule is O=C(O)CC(CC(F)(F)CCCCC1=CC=C2CCCCN=C2N1)c1cncnc1. The molecule has 6 nitrogen and oxygen atoms in total. The van der Waals surface area contributed by atoms with Gasteiger partial charge in [0, 0.05) is 43.4 Å². The predicted molar refractivity (Wildman–Crippen MR) is 111 cm³/mol. The van der Waals surface area contributed by atoms with Gasteiger partial charge in [-0.2, -0.15) is 0 Å². The van der Waals surface area contributed by atoms with Crippen molar-refractivity contribution in [3.8, 4) is 0 Å². The van der Waals surface area contributed by atoms with E-state index in [1.54, 1.807) is 0 Å². The average molecular weight is 418 g/mol.